The molecular formula is C27H31N5O7S. The summed E-state index contributed by atoms with van der Waals surface area (Å²) in [4.78, 5) is 49.1. The van der Waals surface area contributed by atoms with Crippen LogP contribution in [-0.4, -0.2) is 77.7 Å². The van der Waals surface area contributed by atoms with Crippen LogP contribution in [0.25, 0.3) is 11.5 Å². The summed E-state index contributed by atoms with van der Waals surface area (Å²) < 4.78 is 11.4. The SMILES string of the molecule is CN(C)CCCCCN1OC(=O)C(=O)ON(c2ccc(-c3nnc(CSCCOc4ccccc4)o3)cc2)C1=O. The van der Waals surface area contributed by atoms with E-state index in [1.807, 2.05) is 44.4 Å². The van der Waals surface area contributed by atoms with Gasteiger partial charge >= 0.3 is 18.0 Å². The summed E-state index contributed by atoms with van der Waals surface area (Å²) in [5, 5.41) is 9.78. The van der Waals surface area contributed by atoms with Crippen molar-refractivity contribution in [1.82, 2.24) is 20.2 Å². The molecule has 2 heterocycles. The molecule has 4 rings (SSSR count). The summed E-state index contributed by atoms with van der Waals surface area (Å²) >= 11 is 1.61. The highest BCUT2D eigenvalue weighted by Gasteiger charge is 2.37. The first kappa shape index (κ1) is 28.9. The van der Waals surface area contributed by atoms with Gasteiger partial charge in [0.1, 0.15) is 5.75 Å². The number of carbonyl (C=O) groups excluding carboxylic acids is 3. The number of thioether (sulfide) groups is 1. The van der Waals surface area contributed by atoms with E-state index in [0.29, 0.717) is 36.1 Å². The third kappa shape index (κ3) is 8.20. The van der Waals surface area contributed by atoms with Crippen molar-refractivity contribution in [3.8, 4) is 17.2 Å². The molecule has 2 aromatic carbocycles. The minimum Gasteiger partial charge on any atom is -0.493 e. The summed E-state index contributed by atoms with van der Waals surface area (Å²) in [7, 11) is 3.96. The Labute approximate surface area is 236 Å². The van der Waals surface area contributed by atoms with E-state index in [1.54, 1.807) is 36.0 Å². The van der Waals surface area contributed by atoms with E-state index < -0.39 is 18.0 Å². The van der Waals surface area contributed by atoms with Gasteiger partial charge in [-0.25, -0.2) is 14.4 Å². The van der Waals surface area contributed by atoms with Crippen molar-refractivity contribution in [2.75, 3.05) is 44.6 Å². The molecule has 1 fully saturated rings. The van der Waals surface area contributed by atoms with Crippen LogP contribution in [0.5, 0.6) is 5.75 Å². The van der Waals surface area contributed by atoms with Crippen LogP contribution in [0.15, 0.2) is 59.0 Å². The highest BCUT2D eigenvalue weighted by Crippen LogP contribution is 2.26. The average Bonchev–Trinajstić information content (AvgIpc) is 3.40. The van der Waals surface area contributed by atoms with E-state index in [1.165, 1.54) is 0 Å². The molecule has 13 heteroatoms. The second-order valence-corrected chi connectivity index (χ2v) is 10.2. The monoisotopic (exact) mass is 569 g/mol. The quantitative estimate of drug-likeness (QED) is 0.207. The van der Waals surface area contributed by atoms with Gasteiger partial charge in [0, 0.05) is 11.3 Å². The molecule has 40 heavy (non-hydrogen) atoms. The van der Waals surface area contributed by atoms with Crippen molar-refractivity contribution >= 4 is 35.4 Å². The number of carbonyl (C=O) groups is 3. The fourth-order valence-corrected chi connectivity index (χ4v) is 4.30. The molecule has 1 saturated heterocycles. The third-order valence-electron chi connectivity index (χ3n) is 5.67. The maximum Gasteiger partial charge on any atom is 0.444 e. The van der Waals surface area contributed by atoms with Gasteiger partial charge in [0.15, 0.2) is 0 Å². The van der Waals surface area contributed by atoms with Gasteiger partial charge in [-0.15, -0.1) is 32.1 Å². The molecule has 0 N–H and O–H groups in total. The maximum absolute atomic E-state index is 13.0. The summed E-state index contributed by atoms with van der Waals surface area (Å²) in [5.74, 6) is 0.330. The van der Waals surface area contributed by atoms with Gasteiger partial charge in [-0.1, -0.05) is 24.6 Å². The van der Waals surface area contributed by atoms with Crippen LogP contribution >= 0.6 is 11.8 Å². The number of hydroxylamine groups is 3. The van der Waals surface area contributed by atoms with Crippen LogP contribution in [0, 0.1) is 0 Å². The van der Waals surface area contributed by atoms with Crippen LogP contribution < -0.4 is 9.80 Å². The Hall–Kier alpha value is -4.10. The summed E-state index contributed by atoms with van der Waals surface area (Å²) in [6, 6.07) is 15.2. The van der Waals surface area contributed by atoms with E-state index in [9.17, 15) is 14.4 Å². The van der Waals surface area contributed by atoms with Crippen LogP contribution in [0.3, 0.4) is 0 Å². The molecule has 0 saturated carbocycles. The molecule has 0 aliphatic carbocycles. The average molecular weight is 570 g/mol. The Morgan fingerprint density at radius 1 is 0.900 bits per heavy atom. The molecule has 0 atom stereocenters. The zero-order chi connectivity index (χ0) is 28.3. The van der Waals surface area contributed by atoms with Gasteiger partial charge in [-0.05, 0) is 69.9 Å². The molecule has 12 nitrogen and oxygen atoms in total. The molecular weight excluding hydrogens is 538 g/mol. The lowest BCUT2D eigenvalue weighted by molar-refractivity contribution is -0.183. The molecule has 0 unspecified atom stereocenters. The molecule has 1 aliphatic heterocycles. The summed E-state index contributed by atoms with van der Waals surface area (Å²) in [6.07, 6.45) is 2.32. The highest BCUT2D eigenvalue weighted by atomic mass is 32.2. The normalized spacial score (nSPS) is 13.8. The number of unbranched alkanes of at least 4 members (excludes halogenated alkanes) is 2. The van der Waals surface area contributed by atoms with Gasteiger partial charge in [-0.2, -0.15) is 0 Å². The number of urea groups is 1. The number of anilines is 1. The first-order chi connectivity index (χ1) is 19.4. The van der Waals surface area contributed by atoms with E-state index >= 15 is 0 Å². The maximum atomic E-state index is 13.0. The minimum absolute atomic E-state index is 0.129. The smallest absolute Gasteiger partial charge is 0.444 e. The van der Waals surface area contributed by atoms with Crippen LogP contribution in [0.4, 0.5) is 10.5 Å². The number of rotatable bonds is 14. The molecule has 0 radical (unpaired) electrons. The number of amides is 2. The number of benzene rings is 2. The van der Waals surface area contributed by atoms with Crippen molar-refractivity contribution in [1.29, 1.82) is 0 Å². The first-order valence-corrected chi connectivity index (χ1v) is 13.9. The predicted octanol–water partition coefficient (Wildman–Crippen LogP) is 3.94. The zero-order valence-corrected chi connectivity index (χ0v) is 23.2. The van der Waals surface area contributed by atoms with Gasteiger partial charge in [0.05, 0.1) is 24.6 Å². The lowest BCUT2D eigenvalue weighted by Gasteiger charge is -2.23. The molecule has 1 aliphatic rings. The topological polar surface area (TPSA) is 128 Å². The van der Waals surface area contributed by atoms with Crippen molar-refractivity contribution in [3.05, 3.63) is 60.5 Å². The van der Waals surface area contributed by atoms with Gasteiger partial charge in [0.2, 0.25) is 11.8 Å². The van der Waals surface area contributed by atoms with Gasteiger partial charge in [-0.3, -0.25) is 0 Å². The number of para-hydroxylation sites is 1. The number of hydrogen-bond acceptors (Lipinski definition) is 11. The van der Waals surface area contributed by atoms with Crippen molar-refractivity contribution < 1.29 is 33.2 Å². The van der Waals surface area contributed by atoms with Crippen LogP contribution in [-0.2, 0) is 25.0 Å². The molecule has 0 bridgehead atoms. The molecule has 3 aromatic rings. The molecule has 0 spiro atoms. The number of ether oxygens (including phenoxy) is 1. The van der Waals surface area contributed by atoms with Crippen molar-refractivity contribution in [2.24, 2.45) is 0 Å². The first-order valence-electron chi connectivity index (χ1n) is 12.8. The Morgan fingerprint density at radius 2 is 1.65 bits per heavy atom. The number of hydrogen-bond donors (Lipinski definition) is 0. The number of aromatic nitrogens is 2. The number of nitrogens with zero attached hydrogens (tertiary/aromatic N) is 5. The second kappa shape index (κ2) is 14.3. The fourth-order valence-electron chi connectivity index (χ4n) is 3.66. The Kier molecular flexibility index (Phi) is 10.4. The van der Waals surface area contributed by atoms with Crippen molar-refractivity contribution in [3.63, 3.8) is 0 Å². The third-order valence-corrected chi connectivity index (χ3v) is 6.57. The minimum atomic E-state index is -1.29. The standard InChI is InChI=1S/C27H31N5O7S/c1-30(2)15-7-4-8-16-31-27(35)32(39-26(34)25(33)38-31)21-13-11-20(12-14-21)24-29-28-23(37-24)19-40-18-17-36-22-9-5-3-6-10-22/h3,5-6,9-14H,4,7-8,15-19H2,1-2H3. The van der Waals surface area contributed by atoms with Gasteiger partial charge in [0.25, 0.3) is 0 Å². The van der Waals surface area contributed by atoms with Crippen molar-refractivity contribution in [2.45, 2.75) is 25.0 Å². The lowest BCUT2D eigenvalue weighted by atomic mass is 10.2. The Bertz CT molecular complexity index is 1270. The molecule has 212 valence electrons. The highest BCUT2D eigenvalue weighted by molar-refractivity contribution is 7.98. The Balaban J connectivity index is 1.31. The van der Waals surface area contributed by atoms with Crippen LogP contribution in [0.2, 0.25) is 0 Å². The summed E-state index contributed by atoms with van der Waals surface area (Å²) in [5.41, 5.74) is 0.838. The van der Waals surface area contributed by atoms with E-state index in [0.717, 1.165) is 41.0 Å². The van der Waals surface area contributed by atoms with Gasteiger partial charge < -0.3 is 23.7 Å². The van der Waals surface area contributed by atoms with Crippen LogP contribution in [0.1, 0.15) is 25.2 Å². The largest absolute Gasteiger partial charge is 0.493 e. The second-order valence-electron chi connectivity index (χ2n) is 9.06. The molecule has 2 amide bonds. The van der Waals surface area contributed by atoms with E-state index in [-0.39, 0.29) is 12.2 Å². The molecule has 1 aromatic heterocycles. The van der Waals surface area contributed by atoms with E-state index in [2.05, 4.69) is 15.1 Å². The fraction of sp³-hybridized carbons (Fsp3) is 0.370. The zero-order valence-electron chi connectivity index (χ0n) is 22.4. The summed E-state index contributed by atoms with van der Waals surface area (Å²) in [6.45, 7) is 1.59. The Morgan fingerprint density at radius 3 is 2.40 bits per heavy atom. The van der Waals surface area contributed by atoms with E-state index in [4.69, 9.17) is 18.8 Å². The predicted molar refractivity (Wildman–Crippen MR) is 147 cm³/mol. The lowest BCUT2D eigenvalue weighted by Crippen LogP contribution is -2.41.